The lowest BCUT2D eigenvalue weighted by Crippen LogP contribution is -2.50. The molecule has 0 aromatic heterocycles. The van der Waals surface area contributed by atoms with E-state index in [0.29, 0.717) is 12.3 Å². The standard InChI is InChI=1S/C14H20F2N2O/c1-3-19-11(2)17-6-8-18(9-7-17)14-5-4-12(15)10-13(14)16/h4-5,10-11H,3,6-9H2,1-2H3. The molecule has 1 aromatic carbocycles. The van der Waals surface area contributed by atoms with Crippen LogP contribution in [0.15, 0.2) is 18.2 Å². The van der Waals surface area contributed by atoms with Gasteiger partial charge in [0.25, 0.3) is 0 Å². The summed E-state index contributed by atoms with van der Waals surface area (Å²) < 4.78 is 32.1. The molecule has 106 valence electrons. The Balaban J connectivity index is 1.96. The highest BCUT2D eigenvalue weighted by atomic mass is 19.1. The summed E-state index contributed by atoms with van der Waals surface area (Å²) >= 11 is 0. The van der Waals surface area contributed by atoms with Crippen molar-refractivity contribution in [2.45, 2.75) is 20.1 Å². The van der Waals surface area contributed by atoms with Crippen LogP contribution in [0.25, 0.3) is 0 Å². The van der Waals surface area contributed by atoms with Crippen LogP contribution in [0, 0.1) is 11.6 Å². The fourth-order valence-corrected chi connectivity index (χ4v) is 2.41. The molecule has 1 fully saturated rings. The van der Waals surface area contributed by atoms with Gasteiger partial charge in [0.2, 0.25) is 0 Å². The van der Waals surface area contributed by atoms with Crippen molar-refractivity contribution in [3.05, 3.63) is 29.8 Å². The number of rotatable bonds is 4. The Kier molecular flexibility index (Phi) is 4.71. The van der Waals surface area contributed by atoms with Gasteiger partial charge < -0.3 is 9.64 Å². The quantitative estimate of drug-likeness (QED) is 0.836. The molecule has 0 spiro atoms. The molecule has 1 aromatic rings. The van der Waals surface area contributed by atoms with Gasteiger partial charge in [-0.15, -0.1) is 0 Å². The van der Waals surface area contributed by atoms with Gasteiger partial charge in [-0.1, -0.05) is 0 Å². The number of hydrogen-bond donors (Lipinski definition) is 0. The third-order valence-corrected chi connectivity index (χ3v) is 3.49. The Bertz CT molecular complexity index is 420. The molecular formula is C14H20F2N2O. The fourth-order valence-electron chi connectivity index (χ4n) is 2.41. The van der Waals surface area contributed by atoms with Gasteiger partial charge in [-0.25, -0.2) is 8.78 Å². The Morgan fingerprint density at radius 1 is 1.21 bits per heavy atom. The fraction of sp³-hybridized carbons (Fsp3) is 0.571. The lowest BCUT2D eigenvalue weighted by atomic mass is 10.2. The van der Waals surface area contributed by atoms with E-state index in [1.54, 1.807) is 0 Å². The summed E-state index contributed by atoms with van der Waals surface area (Å²) in [5.41, 5.74) is 0.477. The zero-order chi connectivity index (χ0) is 13.8. The van der Waals surface area contributed by atoms with Gasteiger partial charge in [-0.3, -0.25) is 4.90 Å². The average Bonchev–Trinajstić information content (AvgIpc) is 2.39. The van der Waals surface area contributed by atoms with E-state index in [2.05, 4.69) is 4.90 Å². The lowest BCUT2D eigenvalue weighted by molar-refractivity contribution is -0.0440. The molecule has 2 rings (SSSR count). The van der Waals surface area contributed by atoms with Crippen molar-refractivity contribution in [3.8, 4) is 0 Å². The lowest BCUT2D eigenvalue weighted by Gasteiger charge is -2.38. The van der Waals surface area contributed by atoms with Gasteiger partial charge in [0.1, 0.15) is 17.9 Å². The van der Waals surface area contributed by atoms with Gasteiger partial charge in [-0.05, 0) is 26.0 Å². The molecule has 1 heterocycles. The molecule has 1 aliphatic rings. The minimum atomic E-state index is -0.537. The second-order valence-electron chi connectivity index (χ2n) is 4.67. The van der Waals surface area contributed by atoms with Crippen LogP contribution >= 0.6 is 0 Å². The van der Waals surface area contributed by atoms with E-state index in [-0.39, 0.29) is 6.23 Å². The smallest absolute Gasteiger partial charge is 0.149 e. The highest BCUT2D eigenvalue weighted by Gasteiger charge is 2.22. The summed E-state index contributed by atoms with van der Waals surface area (Å²) in [4.78, 5) is 4.17. The van der Waals surface area contributed by atoms with Crippen molar-refractivity contribution >= 4 is 5.69 Å². The Labute approximate surface area is 112 Å². The van der Waals surface area contributed by atoms with Crippen LogP contribution in [-0.2, 0) is 4.74 Å². The number of hydrogen-bond acceptors (Lipinski definition) is 3. The molecule has 0 bridgehead atoms. The molecule has 1 aliphatic heterocycles. The van der Waals surface area contributed by atoms with Crippen LogP contribution < -0.4 is 4.90 Å². The third kappa shape index (κ3) is 3.42. The molecule has 0 saturated carbocycles. The van der Waals surface area contributed by atoms with Crippen LogP contribution in [0.3, 0.4) is 0 Å². The van der Waals surface area contributed by atoms with Gasteiger partial charge in [0.05, 0.1) is 5.69 Å². The second-order valence-corrected chi connectivity index (χ2v) is 4.67. The molecule has 0 N–H and O–H groups in total. The molecule has 3 nitrogen and oxygen atoms in total. The maximum Gasteiger partial charge on any atom is 0.149 e. The number of halogens is 2. The van der Waals surface area contributed by atoms with Gasteiger partial charge in [0.15, 0.2) is 0 Å². The van der Waals surface area contributed by atoms with Gasteiger partial charge in [0, 0.05) is 38.9 Å². The molecule has 0 radical (unpaired) electrons. The first kappa shape index (κ1) is 14.2. The maximum atomic E-state index is 13.7. The highest BCUT2D eigenvalue weighted by molar-refractivity contribution is 5.48. The minimum Gasteiger partial charge on any atom is -0.367 e. The van der Waals surface area contributed by atoms with E-state index in [4.69, 9.17) is 4.74 Å². The topological polar surface area (TPSA) is 15.7 Å². The second kappa shape index (κ2) is 6.30. The van der Waals surface area contributed by atoms with E-state index in [9.17, 15) is 8.78 Å². The minimum absolute atomic E-state index is 0.0882. The number of anilines is 1. The van der Waals surface area contributed by atoms with Crippen molar-refractivity contribution in [2.75, 3.05) is 37.7 Å². The summed E-state index contributed by atoms with van der Waals surface area (Å²) in [6, 6.07) is 3.74. The molecule has 1 atom stereocenters. The van der Waals surface area contributed by atoms with E-state index in [1.807, 2.05) is 18.7 Å². The van der Waals surface area contributed by atoms with Crippen LogP contribution in [0.5, 0.6) is 0 Å². The summed E-state index contributed by atoms with van der Waals surface area (Å²) in [5.74, 6) is -1.03. The summed E-state index contributed by atoms with van der Waals surface area (Å²) in [7, 11) is 0. The maximum absolute atomic E-state index is 13.7. The van der Waals surface area contributed by atoms with Gasteiger partial charge in [-0.2, -0.15) is 0 Å². The summed E-state index contributed by atoms with van der Waals surface area (Å²) in [6.45, 7) is 7.77. The normalized spacial score (nSPS) is 18.6. The molecule has 5 heteroatoms. The SMILES string of the molecule is CCOC(C)N1CCN(c2ccc(F)cc2F)CC1. The first-order valence-corrected chi connectivity index (χ1v) is 6.67. The van der Waals surface area contributed by atoms with E-state index >= 15 is 0 Å². The van der Waals surface area contributed by atoms with Crippen LogP contribution in [0.1, 0.15) is 13.8 Å². The van der Waals surface area contributed by atoms with Crippen molar-refractivity contribution < 1.29 is 13.5 Å². The van der Waals surface area contributed by atoms with Crippen LogP contribution in [0.4, 0.5) is 14.5 Å². The largest absolute Gasteiger partial charge is 0.367 e. The number of ether oxygens (including phenoxy) is 1. The number of nitrogens with zero attached hydrogens (tertiary/aromatic N) is 2. The molecule has 19 heavy (non-hydrogen) atoms. The summed E-state index contributed by atoms with van der Waals surface area (Å²) in [6.07, 6.45) is 0.0882. The van der Waals surface area contributed by atoms with E-state index in [0.717, 1.165) is 32.2 Å². The predicted octanol–water partition coefficient (Wildman–Crippen LogP) is 2.47. The first-order valence-electron chi connectivity index (χ1n) is 6.67. The Morgan fingerprint density at radius 2 is 1.89 bits per heavy atom. The number of piperazine rings is 1. The summed E-state index contributed by atoms with van der Waals surface area (Å²) in [5, 5.41) is 0. The zero-order valence-corrected chi connectivity index (χ0v) is 11.4. The van der Waals surface area contributed by atoms with Crippen molar-refractivity contribution in [3.63, 3.8) is 0 Å². The van der Waals surface area contributed by atoms with Crippen LogP contribution in [0.2, 0.25) is 0 Å². The Hall–Kier alpha value is -1.20. The predicted molar refractivity (Wildman–Crippen MR) is 71.2 cm³/mol. The zero-order valence-electron chi connectivity index (χ0n) is 11.4. The van der Waals surface area contributed by atoms with Gasteiger partial charge >= 0.3 is 0 Å². The van der Waals surface area contributed by atoms with Crippen molar-refractivity contribution in [1.29, 1.82) is 0 Å². The van der Waals surface area contributed by atoms with Crippen molar-refractivity contribution in [1.82, 2.24) is 4.90 Å². The average molecular weight is 270 g/mol. The highest BCUT2D eigenvalue weighted by Crippen LogP contribution is 2.22. The molecule has 1 unspecified atom stereocenters. The van der Waals surface area contributed by atoms with Crippen LogP contribution in [-0.4, -0.2) is 43.9 Å². The molecule has 1 saturated heterocycles. The molecule has 0 aliphatic carbocycles. The Morgan fingerprint density at radius 3 is 2.47 bits per heavy atom. The van der Waals surface area contributed by atoms with E-state index < -0.39 is 11.6 Å². The third-order valence-electron chi connectivity index (χ3n) is 3.49. The first-order chi connectivity index (χ1) is 9.11. The number of benzene rings is 1. The van der Waals surface area contributed by atoms with Crippen molar-refractivity contribution in [2.24, 2.45) is 0 Å². The molecular weight excluding hydrogens is 250 g/mol. The van der Waals surface area contributed by atoms with E-state index in [1.165, 1.54) is 12.1 Å². The molecule has 0 amide bonds. The monoisotopic (exact) mass is 270 g/mol.